The summed E-state index contributed by atoms with van der Waals surface area (Å²) in [5, 5.41) is 0.0653. The molecule has 0 aliphatic carbocycles. The van der Waals surface area contributed by atoms with Crippen LogP contribution in [0.4, 0.5) is 4.39 Å². The largest absolute Gasteiger partial charge is 0.496 e. The molecule has 1 N–H and O–H groups in total. The maximum atomic E-state index is 13.5. The van der Waals surface area contributed by atoms with E-state index in [0.717, 1.165) is 22.5 Å². The Morgan fingerprint density at radius 2 is 2.05 bits per heavy atom. The Morgan fingerprint density at radius 3 is 2.71 bits per heavy atom. The normalized spacial score (nSPS) is 11.0. The van der Waals surface area contributed by atoms with Crippen molar-refractivity contribution >= 4 is 34.9 Å². The highest BCUT2D eigenvalue weighted by molar-refractivity contribution is 7.71. The summed E-state index contributed by atoms with van der Waals surface area (Å²) in [6, 6.07) is 8.64. The van der Waals surface area contributed by atoms with Crippen molar-refractivity contribution in [1.82, 2.24) is 9.55 Å². The van der Waals surface area contributed by atoms with E-state index in [-0.39, 0.29) is 5.02 Å². The molecule has 21 heavy (non-hydrogen) atoms. The van der Waals surface area contributed by atoms with Crippen molar-refractivity contribution in [2.75, 3.05) is 7.11 Å². The van der Waals surface area contributed by atoms with Crippen molar-refractivity contribution in [3.63, 3.8) is 0 Å². The number of H-pyrrole nitrogens is 1. The average molecular weight is 323 g/mol. The molecule has 0 bridgehead atoms. The molecule has 0 spiro atoms. The van der Waals surface area contributed by atoms with Gasteiger partial charge in [-0.15, -0.1) is 0 Å². The van der Waals surface area contributed by atoms with E-state index in [0.29, 0.717) is 10.3 Å². The summed E-state index contributed by atoms with van der Waals surface area (Å²) in [6.07, 6.45) is 0. The first-order valence-electron chi connectivity index (χ1n) is 6.26. The maximum Gasteiger partial charge on any atom is 0.182 e. The van der Waals surface area contributed by atoms with E-state index in [1.807, 2.05) is 29.7 Å². The lowest BCUT2D eigenvalue weighted by Gasteiger charge is -2.09. The van der Waals surface area contributed by atoms with Gasteiger partial charge in [0.25, 0.3) is 0 Å². The molecule has 0 atom stereocenters. The Morgan fingerprint density at radius 1 is 1.29 bits per heavy atom. The Kier molecular flexibility index (Phi) is 3.47. The Labute approximate surface area is 130 Å². The van der Waals surface area contributed by atoms with Crippen molar-refractivity contribution in [2.24, 2.45) is 0 Å². The van der Waals surface area contributed by atoms with E-state index in [1.165, 1.54) is 6.07 Å². The third kappa shape index (κ3) is 2.32. The quantitative estimate of drug-likeness (QED) is 0.687. The highest BCUT2D eigenvalue weighted by atomic mass is 35.5. The molecule has 0 aliphatic heterocycles. The lowest BCUT2D eigenvalue weighted by Crippen LogP contribution is -1.96. The second-order valence-corrected chi connectivity index (χ2v) is 5.50. The fourth-order valence-electron chi connectivity index (χ4n) is 2.36. The van der Waals surface area contributed by atoms with E-state index in [4.69, 9.17) is 28.6 Å². The Bertz CT molecular complexity index is 901. The molecular formula is C15H12ClFN2OS. The first-order chi connectivity index (χ1) is 10.0. The number of hydrogen-bond donors (Lipinski definition) is 1. The van der Waals surface area contributed by atoms with Crippen molar-refractivity contribution in [3.05, 3.63) is 51.5 Å². The second-order valence-electron chi connectivity index (χ2n) is 4.70. The summed E-state index contributed by atoms with van der Waals surface area (Å²) in [5.41, 5.74) is 3.19. The van der Waals surface area contributed by atoms with Crippen molar-refractivity contribution < 1.29 is 9.13 Å². The molecular weight excluding hydrogens is 311 g/mol. The van der Waals surface area contributed by atoms with Gasteiger partial charge in [0.1, 0.15) is 11.6 Å². The number of fused-ring (bicyclic) bond motifs is 1. The standard InChI is InChI=1S/C15H12ClFN2OS/c1-8-5-9(3-4-14(8)20-2)19-13-6-10(16)11(17)7-12(13)18-15(19)21/h3-7H,1-2H3,(H,18,21). The van der Waals surface area contributed by atoms with Crippen LogP contribution in [0.2, 0.25) is 5.02 Å². The number of rotatable bonds is 2. The Hall–Kier alpha value is -1.85. The molecule has 1 aromatic heterocycles. The number of benzene rings is 2. The first kappa shape index (κ1) is 14.1. The SMILES string of the molecule is COc1ccc(-n2c(=S)[nH]c3cc(F)c(Cl)cc32)cc1C. The number of halogens is 2. The summed E-state index contributed by atoms with van der Waals surface area (Å²) < 4.78 is 21.1. The van der Waals surface area contributed by atoms with E-state index >= 15 is 0 Å². The molecule has 0 saturated heterocycles. The summed E-state index contributed by atoms with van der Waals surface area (Å²) in [5.74, 6) is 0.327. The molecule has 0 radical (unpaired) electrons. The van der Waals surface area contributed by atoms with Gasteiger partial charge in [0.05, 0.1) is 23.2 Å². The molecule has 0 unspecified atom stereocenters. The van der Waals surface area contributed by atoms with E-state index in [9.17, 15) is 4.39 Å². The van der Waals surface area contributed by atoms with Crippen LogP contribution in [0.5, 0.6) is 5.75 Å². The van der Waals surface area contributed by atoms with Crippen LogP contribution in [0.3, 0.4) is 0 Å². The van der Waals surface area contributed by atoms with Crippen molar-refractivity contribution in [2.45, 2.75) is 6.92 Å². The number of ether oxygens (including phenoxy) is 1. The fourth-order valence-corrected chi connectivity index (χ4v) is 2.83. The molecule has 3 rings (SSSR count). The van der Waals surface area contributed by atoms with Crippen molar-refractivity contribution in [1.29, 1.82) is 0 Å². The van der Waals surface area contributed by atoms with E-state index in [1.54, 1.807) is 13.2 Å². The zero-order valence-corrected chi connectivity index (χ0v) is 13.0. The average Bonchev–Trinajstić information content (AvgIpc) is 2.74. The van der Waals surface area contributed by atoms with Crippen LogP contribution in [0.15, 0.2) is 30.3 Å². The van der Waals surface area contributed by atoms with Gasteiger partial charge >= 0.3 is 0 Å². The van der Waals surface area contributed by atoms with Gasteiger partial charge in [-0.2, -0.15) is 0 Å². The molecule has 6 heteroatoms. The summed E-state index contributed by atoms with van der Waals surface area (Å²) in [7, 11) is 1.63. The topological polar surface area (TPSA) is 29.9 Å². The summed E-state index contributed by atoms with van der Waals surface area (Å²) >= 11 is 11.2. The van der Waals surface area contributed by atoms with Crippen LogP contribution < -0.4 is 4.74 Å². The van der Waals surface area contributed by atoms with Gasteiger partial charge in [-0.1, -0.05) is 11.6 Å². The number of hydrogen-bond acceptors (Lipinski definition) is 2. The number of methoxy groups -OCH3 is 1. The van der Waals surface area contributed by atoms with Crippen LogP contribution in [-0.4, -0.2) is 16.7 Å². The minimum atomic E-state index is -0.474. The number of nitrogens with one attached hydrogen (secondary N) is 1. The van der Waals surface area contributed by atoms with Crippen molar-refractivity contribution in [3.8, 4) is 11.4 Å². The van der Waals surface area contributed by atoms with Gasteiger partial charge < -0.3 is 9.72 Å². The predicted octanol–water partition coefficient (Wildman–Crippen LogP) is 4.80. The minimum absolute atomic E-state index is 0.0653. The number of aromatic amines is 1. The molecule has 1 heterocycles. The van der Waals surface area contributed by atoms with Gasteiger partial charge in [0.15, 0.2) is 4.77 Å². The van der Waals surface area contributed by atoms with Crippen LogP contribution in [0.1, 0.15) is 5.56 Å². The minimum Gasteiger partial charge on any atom is -0.496 e. The molecule has 0 amide bonds. The van der Waals surface area contributed by atoms with Crippen LogP contribution in [0, 0.1) is 17.5 Å². The smallest absolute Gasteiger partial charge is 0.182 e. The van der Waals surface area contributed by atoms with Crippen LogP contribution in [0.25, 0.3) is 16.7 Å². The molecule has 108 valence electrons. The number of aryl methyl sites for hydroxylation is 1. The zero-order valence-electron chi connectivity index (χ0n) is 11.4. The highest BCUT2D eigenvalue weighted by Gasteiger charge is 2.11. The molecule has 2 aromatic carbocycles. The van der Waals surface area contributed by atoms with Gasteiger partial charge in [0.2, 0.25) is 0 Å². The van der Waals surface area contributed by atoms with Crippen LogP contribution in [-0.2, 0) is 0 Å². The molecule has 0 saturated carbocycles. The van der Waals surface area contributed by atoms with Gasteiger partial charge in [-0.25, -0.2) is 4.39 Å². The number of aromatic nitrogens is 2. The lowest BCUT2D eigenvalue weighted by atomic mass is 10.2. The lowest BCUT2D eigenvalue weighted by molar-refractivity contribution is 0.411. The van der Waals surface area contributed by atoms with Crippen LogP contribution >= 0.6 is 23.8 Å². The summed E-state index contributed by atoms with van der Waals surface area (Å²) in [4.78, 5) is 2.99. The third-order valence-corrected chi connectivity index (χ3v) is 3.94. The van der Waals surface area contributed by atoms with E-state index < -0.39 is 5.82 Å². The molecule has 3 aromatic rings. The zero-order chi connectivity index (χ0) is 15.1. The van der Waals surface area contributed by atoms with Gasteiger partial charge in [-0.05, 0) is 49.0 Å². The molecule has 3 nitrogen and oxygen atoms in total. The summed E-state index contributed by atoms with van der Waals surface area (Å²) in [6.45, 7) is 1.95. The van der Waals surface area contributed by atoms with Gasteiger partial charge in [0, 0.05) is 11.8 Å². The third-order valence-electron chi connectivity index (χ3n) is 3.36. The number of imidazole rings is 1. The molecule has 0 fully saturated rings. The van der Waals surface area contributed by atoms with E-state index in [2.05, 4.69) is 4.98 Å². The monoisotopic (exact) mass is 322 g/mol. The Balaban J connectivity index is 2.29. The van der Waals surface area contributed by atoms with Gasteiger partial charge in [-0.3, -0.25) is 4.57 Å². The highest BCUT2D eigenvalue weighted by Crippen LogP contribution is 2.27. The molecule has 0 aliphatic rings. The first-order valence-corrected chi connectivity index (χ1v) is 7.04. The fraction of sp³-hybridized carbons (Fsp3) is 0.133. The number of nitrogens with zero attached hydrogens (tertiary/aromatic N) is 1. The predicted molar refractivity (Wildman–Crippen MR) is 84.7 cm³/mol. The maximum absolute atomic E-state index is 13.5. The second kappa shape index (κ2) is 5.16.